The van der Waals surface area contributed by atoms with Crippen molar-refractivity contribution in [2.45, 2.75) is 30.7 Å². The maximum atomic E-state index is 13.6. The lowest BCUT2D eigenvalue weighted by Crippen LogP contribution is -2.26. The van der Waals surface area contributed by atoms with E-state index in [0.717, 1.165) is 23.9 Å². The molecule has 1 amide bonds. The Balaban J connectivity index is 2.17. The molecule has 5 nitrogen and oxygen atoms in total. The van der Waals surface area contributed by atoms with Crippen LogP contribution < -0.4 is 10.9 Å². The Morgan fingerprint density at radius 1 is 1.33 bits per heavy atom. The highest BCUT2D eigenvalue weighted by Gasteiger charge is 2.22. The van der Waals surface area contributed by atoms with Crippen molar-refractivity contribution in [1.82, 2.24) is 9.97 Å². The number of nitrogens with one attached hydrogen (secondary N) is 2. The molecule has 0 fully saturated rings. The Kier molecular flexibility index (Phi) is 5.66. The van der Waals surface area contributed by atoms with Gasteiger partial charge in [0.25, 0.3) is 5.56 Å². The third kappa shape index (κ3) is 4.16. The topological polar surface area (TPSA) is 74.8 Å². The second-order valence-electron chi connectivity index (χ2n) is 4.92. The fourth-order valence-corrected chi connectivity index (χ4v) is 2.86. The number of anilines is 1. The van der Waals surface area contributed by atoms with Crippen molar-refractivity contribution in [2.75, 3.05) is 5.32 Å². The highest BCUT2D eigenvalue weighted by molar-refractivity contribution is 8.00. The van der Waals surface area contributed by atoms with Crippen molar-refractivity contribution >= 4 is 23.4 Å². The molecule has 0 saturated heterocycles. The number of rotatable bonds is 5. The number of hydrogen-bond donors (Lipinski definition) is 2. The molecular formula is C15H14F3N3O2S. The van der Waals surface area contributed by atoms with Crippen LogP contribution in [0.2, 0.25) is 0 Å². The number of amides is 1. The molecule has 2 N–H and O–H groups in total. The first-order chi connectivity index (χ1) is 11.3. The van der Waals surface area contributed by atoms with Crippen LogP contribution in [0.3, 0.4) is 0 Å². The van der Waals surface area contributed by atoms with Crippen LogP contribution >= 0.6 is 11.8 Å². The summed E-state index contributed by atoms with van der Waals surface area (Å²) in [6.07, 6.45) is 0.347. The summed E-state index contributed by atoms with van der Waals surface area (Å²) in [6, 6.07) is 2.97. The predicted molar refractivity (Wildman–Crippen MR) is 84.5 cm³/mol. The monoisotopic (exact) mass is 357 g/mol. The summed E-state index contributed by atoms with van der Waals surface area (Å²) in [4.78, 5) is 30.2. The third-order valence-corrected chi connectivity index (χ3v) is 4.31. The van der Waals surface area contributed by atoms with Crippen molar-refractivity contribution in [2.24, 2.45) is 0 Å². The molecule has 0 aliphatic carbocycles. The van der Waals surface area contributed by atoms with Gasteiger partial charge >= 0.3 is 0 Å². The molecule has 9 heteroatoms. The maximum absolute atomic E-state index is 13.6. The molecule has 0 saturated carbocycles. The summed E-state index contributed by atoms with van der Waals surface area (Å²) in [5.41, 5.74) is -0.321. The average molecular weight is 357 g/mol. The van der Waals surface area contributed by atoms with Gasteiger partial charge in [-0.2, -0.15) is 0 Å². The number of hydrogen-bond acceptors (Lipinski definition) is 4. The summed E-state index contributed by atoms with van der Waals surface area (Å²) in [7, 11) is 0. The Morgan fingerprint density at radius 2 is 2.04 bits per heavy atom. The van der Waals surface area contributed by atoms with Gasteiger partial charge in [-0.15, -0.1) is 0 Å². The van der Waals surface area contributed by atoms with E-state index < -0.39 is 34.3 Å². The first-order valence-corrected chi connectivity index (χ1v) is 7.88. The third-order valence-electron chi connectivity index (χ3n) is 3.06. The molecule has 2 aromatic rings. The van der Waals surface area contributed by atoms with Crippen molar-refractivity contribution in [3.8, 4) is 0 Å². The quantitative estimate of drug-likeness (QED) is 0.490. The number of aromatic amines is 1. The zero-order valence-corrected chi connectivity index (χ0v) is 13.6. The molecular weight excluding hydrogens is 343 g/mol. The predicted octanol–water partition coefficient (Wildman–Crippen LogP) is 3.01. The molecule has 0 radical (unpaired) electrons. The molecule has 24 heavy (non-hydrogen) atoms. The molecule has 2 rings (SSSR count). The standard InChI is InChI=1S/C15H14F3N3O2S/c1-3-10(24-15-19-7(2)6-11(22)21-15)14(23)20-9-5-4-8(16)12(17)13(9)18/h4-6,10H,3H2,1-2H3,(H,20,23)(H,19,21,22). The van der Waals surface area contributed by atoms with Crippen LogP contribution in [0.15, 0.2) is 28.2 Å². The Labute approximate surface area is 139 Å². The van der Waals surface area contributed by atoms with E-state index in [2.05, 4.69) is 15.3 Å². The van der Waals surface area contributed by atoms with Gasteiger partial charge in [-0.05, 0) is 25.5 Å². The van der Waals surface area contributed by atoms with Crippen LogP contribution in [0.4, 0.5) is 18.9 Å². The smallest absolute Gasteiger partial charge is 0.251 e. The Hall–Kier alpha value is -2.29. The largest absolute Gasteiger partial charge is 0.323 e. The second-order valence-corrected chi connectivity index (χ2v) is 6.11. The summed E-state index contributed by atoms with van der Waals surface area (Å²) >= 11 is 0.989. The van der Waals surface area contributed by atoms with Gasteiger partial charge in [0.05, 0.1) is 10.9 Å². The minimum absolute atomic E-state index is 0.243. The molecule has 128 valence electrons. The van der Waals surface area contributed by atoms with E-state index >= 15 is 0 Å². The number of H-pyrrole nitrogens is 1. The summed E-state index contributed by atoms with van der Waals surface area (Å²) in [5.74, 6) is -5.08. The molecule has 0 aliphatic heterocycles. The number of aryl methyl sites for hydroxylation is 1. The first-order valence-electron chi connectivity index (χ1n) is 7.00. The Bertz CT molecular complexity index is 826. The van der Waals surface area contributed by atoms with Gasteiger partial charge < -0.3 is 10.3 Å². The average Bonchev–Trinajstić information content (AvgIpc) is 2.52. The molecule has 1 unspecified atom stereocenters. The van der Waals surface area contributed by atoms with Gasteiger partial charge in [0, 0.05) is 11.8 Å². The summed E-state index contributed by atoms with van der Waals surface area (Å²) in [5, 5.41) is 1.75. The maximum Gasteiger partial charge on any atom is 0.251 e. The van der Waals surface area contributed by atoms with Gasteiger partial charge in [-0.25, -0.2) is 18.2 Å². The van der Waals surface area contributed by atoms with E-state index in [-0.39, 0.29) is 10.7 Å². The molecule has 1 atom stereocenters. The SMILES string of the molecule is CCC(Sc1nc(C)cc(=O)[nH]1)C(=O)Nc1ccc(F)c(F)c1F. The molecule has 0 aliphatic rings. The van der Waals surface area contributed by atoms with Gasteiger partial charge in [0.2, 0.25) is 5.91 Å². The molecule has 1 aromatic carbocycles. The zero-order valence-electron chi connectivity index (χ0n) is 12.8. The summed E-state index contributed by atoms with van der Waals surface area (Å²) < 4.78 is 39.7. The fraction of sp³-hybridized carbons (Fsp3) is 0.267. The minimum atomic E-state index is -1.65. The number of nitrogens with zero attached hydrogens (tertiary/aromatic N) is 1. The van der Waals surface area contributed by atoms with Crippen molar-refractivity contribution in [3.05, 3.63) is 51.7 Å². The molecule has 0 bridgehead atoms. The van der Waals surface area contributed by atoms with Crippen molar-refractivity contribution in [3.63, 3.8) is 0 Å². The lowest BCUT2D eigenvalue weighted by Gasteiger charge is -2.14. The highest BCUT2D eigenvalue weighted by Crippen LogP contribution is 2.25. The minimum Gasteiger partial charge on any atom is -0.323 e. The zero-order chi connectivity index (χ0) is 17.9. The van der Waals surface area contributed by atoms with Crippen LogP contribution in [0.5, 0.6) is 0 Å². The lowest BCUT2D eigenvalue weighted by molar-refractivity contribution is -0.115. The van der Waals surface area contributed by atoms with Gasteiger partial charge in [0.15, 0.2) is 22.6 Å². The second kappa shape index (κ2) is 7.52. The highest BCUT2D eigenvalue weighted by atomic mass is 32.2. The van der Waals surface area contributed by atoms with Crippen molar-refractivity contribution < 1.29 is 18.0 Å². The number of thioether (sulfide) groups is 1. The van der Waals surface area contributed by atoms with Gasteiger partial charge in [-0.1, -0.05) is 18.7 Å². The number of carbonyl (C=O) groups excluding carboxylic acids is 1. The van der Waals surface area contributed by atoms with Crippen LogP contribution in [0.25, 0.3) is 0 Å². The van der Waals surface area contributed by atoms with E-state index in [1.54, 1.807) is 13.8 Å². The van der Waals surface area contributed by atoms with Crippen LogP contribution in [0, 0.1) is 24.4 Å². The summed E-state index contributed by atoms with van der Waals surface area (Å²) in [6.45, 7) is 3.35. The van der Waals surface area contributed by atoms with Crippen LogP contribution in [-0.2, 0) is 4.79 Å². The van der Waals surface area contributed by atoms with E-state index in [1.165, 1.54) is 6.07 Å². The normalized spacial score (nSPS) is 12.0. The number of carbonyl (C=O) groups is 1. The molecule has 1 aromatic heterocycles. The Morgan fingerprint density at radius 3 is 2.67 bits per heavy atom. The lowest BCUT2D eigenvalue weighted by atomic mass is 10.2. The van der Waals surface area contributed by atoms with E-state index in [0.29, 0.717) is 12.1 Å². The fourth-order valence-electron chi connectivity index (χ4n) is 1.90. The molecule has 1 heterocycles. The van der Waals surface area contributed by atoms with Gasteiger partial charge in [0.1, 0.15) is 0 Å². The van der Waals surface area contributed by atoms with E-state index in [9.17, 15) is 22.8 Å². The first kappa shape index (κ1) is 18.1. The van der Waals surface area contributed by atoms with E-state index in [1.807, 2.05) is 0 Å². The number of aromatic nitrogens is 2. The molecule has 0 spiro atoms. The van der Waals surface area contributed by atoms with Crippen LogP contribution in [0.1, 0.15) is 19.0 Å². The van der Waals surface area contributed by atoms with Gasteiger partial charge in [-0.3, -0.25) is 9.59 Å². The number of halogens is 3. The van der Waals surface area contributed by atoms with E-state index in [4.69, 9.17) is 0 Å². The van der Waals surface area contributed by atoms with Crippen LogP contribution in [-0.4, -0.2) is 21.1 Å². The number of benzene rings is 1. The van der Waals surface area contributed by atoms with Crippen molar-refractivity contribution in [1.29, 1.82) is 0 Å².